The maximum atomic E-state index is 13.5. The van der Waals surface area contributed by atoms with Crippen LogP contribution in [0.15, 0.2) is 60.9 Å². The molecule has 9 heteroatoms. The summed E-state index contributed by atoms with van der Waals surface area (Å²) >= 11 is 7.61. The minimum Gasteiger partial charge on any atom is -0.279 e. The van der Waals surface area contributed by atoms with Gasteiger partial charge in [-0.25, -0.2) is 4.98 Å². The second-order valence-corrected chi connectivity index (χ2v) is 8.01. The molecule has 2 aromatic heterocycles. The van der Waals surface area contributed by atoms with Gasteiger partial charge in [-0.1, -0.05) is 41.1 Å². The Bertz CT molecular complexity index is 1260. The first-order valence-electron chi connectivity index (χ1n) is 8.95. The number of aromatic nitrogens is 2. The highest BCUT2D eigenvalue weighted by molar-refractivity contribution is 7.22. The van der Waals surface area contributed by atoms with Crippen molar-refractivity contribution in [2.75, 3.05) is 4.90 Å². The normalized spacial score (nSPS) is 10.9. The van der Waals surface area contributed by atoms with E-state index in [0.29, 0.717) is 5.13 Å². The van der Waals surface area contributed by atoms with Crippen LogP contribution < -0.4 is 4.90 Å². The van der Waals surface area contributed by atoms with Crippen LogP contribution in [0, 0.1) is 17.0 Å². The van der Waals surface area contributed by atoms with Crippen LogP contribution in [0.3, 0.4) is 0 Å². The Labute approximate surface area is 180 Å². The molecule has 0 saturated heterocycles. The first-order chi connectivity index (χ1) is 14.4. The number of thiazole rings is 1. The van der Waals surface area contributed by atoms with Gasteiger partial charge in [-0.3, -0.25) is 24.8 Å². The van der Waals surface area contributed by atoms with Crippen molar-refractivity contribution in [2.24, 2.45) is 0 Å². The molecule has 0 atom stereocenters. The number of carbonyl (C=O) groups is 1. The molecule has 0 unspecified atom stereocenters. The Morgan fingerprint density at radius 2 is 2.07 bits per heavy atom. The van der Waals surface area contributed by atoms with Gasteiger partial charge in [-0.15, -0.1) is 0 Å². The zero-order chi connectivity index (χ0) is 21.3. The van der Waals surface area contributed by atoms with Crippen LogP contribution in [-0.4, -0.2) is 20.8 Å². The third-order valence-corrected chi connectivity index (χ3v) is 5.91. The molecule has 150 valence electrons. The summed E-state index contributed by atoms with van der Waals surface area (Å²) in [6.45, 7) is 2.15. The van der Waals surface area contributed by atoms with Gasteiger partial charge in [0.25, 0.3) is 11.6 Å². The van der Waals surface area contributed by atoms with E-state index in [0.717, 1.165) is 21.3 Å². The van der Waals surface area contributed by atoms with Gasteiger partial charge >= 0.3 is 0 Å². The van der Waals surface area contributed by atoms with Gasteiger partial charge in [0.1, 0.15) is 0 Å². The molecular formula is C21H15ClN4O3S. The fraction of sp³-hybridized carbons (Fsp3) is 0.0952. The van der Waals surface area contributed by atoms with Gasteiger partial charge in [-0.05, 0) is 36.2 Å². The highest BCUT2D eigenvalue weighted by atomic mass is 35.5. The zero-order valence-corrected chi connectivity index (χ0v) is 17.4. The number of carbonyl (C=O) groups excluding carboxylic acids is 1. The molecule has 0 radical (unpaired) electrons. The van der Waals surface area contributed by atoms with Crippen LogP contribution in [0.4, 0.5) is 10.8 Å². The van der Waals surface area contributed by atoms with Gasteiger partial charge in [0, 0.05) is 24.5 Å². The maximum absolute atomic E-state index is 13.5. The molecule has 0 aliphatic carbocycles. The number of nitro groups is 1. The summed E-state index contributed by atoms with van der Waals surface area (Å²) in [6, 6.07) is 13.3. The monoisotopic (exact) mass is 438 g/mol. The van der Waals surface area contributed by atoms with Crippen LogP contribution in [-0.2, 0) is 6.54 Å². The highest BCUT2D eigenvalue weighted by Crippen LogP contribution is 2.33. The number of amides is 1. The van der Waals surface area contributed by atoms with Crippen molar-refractivity contribution in [3.05, 3.63) is 92.8 Å². The number of nitro benzene ring substituents is 1. The molecule has 0 bridgehead atoms. The lowest BCUT2D eigenvalue weighted by atomic mass is 10.1. The summed E-state index contributed by atoms with van der Waals surface area (Å²) in [5.74, 6) is -0.468. The van der Waals surface area contributed by atoms with E-state index in [4.69, 9.17) is 11.6 Å². The van der Waals surface area contributed by atoms with Crippen molar-refractivity contribution in [3.63, 3.8) is 0 Å². The zero-order valence-electron chi connectivity index (χ0n) is 15.8. The smallest absolute Gasteiger partial charge is 0.270 e. The second kappa shape index (κ2) is 8.17. The number of pyridine rings is 1. The van der Waals surface area contributed by atoms with Gasteiger partial charge in [0.2, 0.25) is 0 Å². The van der Waals surface area contributed by atoms with E-state index in [1.54, 1.807) is 18.5 Å². The van der Waals surface area contributed by atoms with E-state index in [9.17, 15) is 14.9 Å². The van der Waals surface area contributed by atoms with Crippen molar-refractivity contribution in [3.8, 4) is 0 Å². The predicted octanol–water partition coefficient (Wildman–Crippen LogP) is 5.41. The Morgan fingerprint density at radius 3 is 2.77 bits per heavy atom. The summed E-state index contributed by atoms with van der Waals surface area (Å²) in [5, 5.41) is 11.8. The van der Waals surface area contributed by atoms with Gasteiger partial charge in [-0.2, -0.15) is 0 Å². The van der Waals surface area contributed by atoms with E-state index < -0.39 is 10.8 Å². The number of hydrogen-bond donors (Lipinski definition) is 0. The fourth-order valence-electron chi connectivity index (χ4n) is 3.03. The largest absolute Gasteiger partial charge is 0.279 e. The average molecular weight is 439 g/mol. The average Bonchev–Trinajstić information content (AvgIpc) is 3.18. The number of nitrogens with zero attached hydrogens (tertiary/aromatic N) is 4. The van der Waals surface area contributed by atoms with E-state index in [1.165, 1.54) is 34.4 Å². The first-order valence-corrected chi connectivity index (χ1v) is 10.1. The number of fused-ring (bicyclic) bond motifs is 1. The maximum Gasteiger partial charge on any atom is 0.270 e. The molecule has 7 nitrogen and oxygen atoms in total. The van der Waals surface area contributed by atoms with Crippen LogP contribution >= 0.6 is 22.9 Å². The quantitative estimate of drug-likeness (QED) is 0.307. The fourth-order valence-corrected chi connectivity index (χ4v) is 4.27. The molecule has 0 aliphatic heterocycles. The second-order valence-electron chi connectivity index (χ2n) is 6.59. The van der Waals surface area contributed by atoms with Crippen LogP contribution in [0.5, 0.6) is 0 Å². The number of anilines is 1. The number of non-ortho nitro benzene ring substituents is 1. The molecule has 2 heterocycles. The minimum absolute atomic E-state index is 0.0470. The molecule has 2 aromatic carbocycles. The lowest BCUT2D eigenvalue weighted by molar-refractivity contribution is -0.384. The van der Waals surface area contributed by atoms with Gasteiger partial charge < -0.3 is 0 Å². The van der Waals surface area contributed by atoms with Gasteiger partial charge in [0.15, 0.2) is 5.13 Å². The number of hydrogen-bond acceptors (Lipinski definition) is 6. The molecule has 0 spiro atoms. The van der Waals surface area contributed by atoms with Crippen LogP contribution in [0.25, 0.3) is 10.2 Å². The van der Waals surface area contributed by atoms with E-state index in [2.05, 4.69) is 9.97 Å². The lowest BCUT2D eigenvalue weighted by Crippen LogP contribution is -2.30. The first kappa shape index (κ1) is 19.9. The lowest BCUT2D eigenvalue weighted by Gasteiger charge is -2.20. The van der Waals surface area contributed by atoms with Crippen LogP contribution in [0.2, 0.25) is 5.02 Å². The standard InChI is InChI=1S/C21H15ClN4O3S/c1-13-4-2-6-18-19(13)24-21(30-18)25(12-14-5-3-9-23-11-14)20(27)16-10-15(26(28)29)7-8-17(16)22/h2-11H,12H2,1H3. The van der Waals surface area contributed by atoms with Gasteiger partial charge in [0.05, 0.1) is 32.3 Å². The number of aryl methyl sites for hydroxylation is 1. The number of para-hydroxylation sites is 1. The third kappa shape index (κ3) is 3.87. The summed E-state index contributed by atoms with van der Waals surface area (Å²) in [5.41, 5.74) is 2.45. The van der Waals surface area contributed by atoms with E-state index >= 15 is 0 Å². The molecule has 0 fully saturated rings. The van der Waals surface area contributed by atoms with Crippen molar-refractivity contribution in [1.82, 2.24) is 9.97 Å². The van der Waals surface area contributed by atoms with Crippen molar-refractivity contribution in [1.29, 1.82) is 0 Å². The third-order valence-electron chi connectivity index (χ3n) is 4.54. The molecule has 30 heavy (non-hydrogen) atoms. The summed E-state index contributed by atoms with van der Waals surface area (Å²) < 4.78 is 0.944. The summed E-state index contributed by atoms with van der Waals surface area (Å²) in [6.07, 6.45) is 3.31. The summed E-state index contributed by atoms with van der Waals surface area (Å²) in [7, 11) is 0. The van der Waals surface area contributed by atoms with E-state index in [-0.39, 0.29) is 22.8 Å². The molecule has 0 saturated carbocycles. The number of rotatable bonds is 5. The van der Waals surface area contributed by atoms with Crippen molar-refractivity contribution >= 4 is 49.9 Å². The molecule has 1 amide bonds. The Hall–Kier alpha value is -3.36. The van der Waals surface area contributed by atoms with Crippen molar-refractivity contribution < 1.29 is 9.72 Å². The SMILES string of the molecule is Cc1cccc2sc(N(Cc3cccnc3)C(=O)c3cc([N+](=O)[O-])ccc3Cl)nc12. The molecule has 4 aromatic rings. The number of benzene rings is 2. The minimum atomic E-state index is -0.556. The molecular weight excluding hydrogens is 424 g/mol. The molecule has 0 aliphatic rings. The Kier molecular flexibility index (Phi) is 5.43. The molecule has 0 N–H and O–H groups in total. The number of halogens is 1. The van der Waals surface area contributed by atoms with Crippen molar-refractivity contribution in [2.45, 2.75) is 13.5 Å². The summed E-state index contributed by atoms with van der Waals surface area (Å²) in [4.78, 5) is 34.4. The molecule has 4 rings (SSSR count). The van der Waals surface area contributed by atoms with Crippen LogP contribution in [0.1, 0.15) is 21.5 Å². The predicted molar refractivity (Wildman–Crippen MR) is 117 cm³/mol. The Balaban J connectivity index is 1.82. The van der Waals surface area contributed by atoms with E-state index in [1.807, 2.05) is 31.2 Å². The topological polar surface area (TPSA) is 89.2 Å². The Morgan fingerprint density at radius 1 is 1.23 bits per heavy atom. The highest BCUT2D eigenvalue weighted by Gasteiger charge is 2.25.